The van der Waals surface area contributed by atoms with E-state index in [-0.39, 0.29) is 99.2 Å². The highest BCUT2D eigenvalue weighted by molar-refractivity contribution is 6.39. The number of nitrogens with two attached hydrogens (primary N) is 2. The third-order valence-corrected chi connectivity index (χ3v) is 27.0. The summed E-state index contributed by atoms with van der Waals surface area (Å²) in [6, 6.07) is 9.08. The van der Waals surface area contributed by atoms with Crippen LogP contribution in [0.5, 0.6) is 0 Å². The van der Waals surface area contributed by atoms with Crippen LogP contribution in [-0.4, -0.2) is 291 Å². The average Bonchev–Trinajstić information content (AvgIpc) is 1.73. The number of piperazine rings is 1. The second kappa shape index (κ2) is 49.2. The number of hydrogen-bond acceptors (Lipinski definition) is 32. The van der Waals surface area contributed by atoms with E-state index >= 15 is 0 Å². The molecular formula is C99H134N18O20. The quantitative estimate of drug-likeness (QED) is 0.00957. The molecule has 0 spiro atoms. The third-order valence-electron chi connectivity index (χ3n) is 27.0. The number of esters is 1. The van der Waals surface area contributed by atoms with Crippen LogP contribution in [0.15, 0.2) is 115 Å². The zero-order chi connectivity index (χ0) is 97.4. The minimum atomic E-state index is -2.50. The van der Waals surface area contributed by atoms with Gasteiger partial charge in [-0.25, -0.2) is 44.2 Å². The third kappa shape index (κ3) is 26.9. The summed E-state index contributed by atoms with van der Waals surface area (Å²) in [6.07, 6.45) is 19.7. The Labute approximate surface area is 798 Å². The van der Waals surface area contributed by atoms with Crippen LogP contribution in [0, 0.1) is 35.5 Å². The average molecular weight is 1900 g/mol. The number of hydrogen-bond donors (Lipinski definition) is 7. The maximum absolute atomic E-state index is 14.8. The number of cyclic esters (lactones) is 1. The molecule has 15 atom stereocenters. The van der Waals surface area contributed by atoms with Crippen LogP contribution in [0.1, 0.15) is 165 Å². The molecular weight excluding hydrogens is 1760 g/mol. The summed E-state index contributed by atoms with van der Waals surface area (Å²) in [4.78, 5) is 154. The highest BCUT2D eigenvalue weighted by Crippen LogP contribution is 2.40. The fourth-order valence-electron chi connectivity index (χ4n) is 18.9. The number of aliphatic hydroxyl groups excluding tert-OH is 1. The number of anilines is 4. The number of pyridine rings is 1. The van der Waals surface area contributed by atoms with Gasteiger partial charge in [-0.05, 0) is 142 Å². The van der Waals surface area contributed by atoms with Gasteiger partial charge in [-0.3, -0.25) is 28.8 Å². The number of Topliss-reactive ketones (excluding diaryl/α,β-unsaturated/α-hetero) is 3. The lowest BCUT2D eigenvalue weighted by Gasteiger charge is -2.42. The smallest absolute Gasteiger partial charge is 0.407 e. The highest BCUT2D eigenvalue weighted by Gasteiger charge is 2.53. The number of piperidine rings is 1. The van der Waals surface area contributed by atoms with Crippen LogP contribution >= 0.6 is 0 Å². The Hall–Kier alpha value is -11.5. The number of aliphatic hydroxyl groups is 2. The first-order valence-corrected chi connectivity index (χ1v) is 47.8. The van der Waals surface area contributed by atoms with E-state index in [1.54, 1.807) is 66.6 Å². The van der Waals surface area contributed by atoms with Crippen molar-refractivity contribution in [3.63, 3.8) is 0 Å². The van der Waals surface area contributed by atoms with Crippen molar-refractivity contribution in [1.29, 1.82) is 0 Å². The summed E-state index contributed by atoms with van der Waals surface area (Å²) in [5.41, 5.74) is 20.9. The number of benzene rings is 1. The molecule has 0 unspecified atom stereocenters. The van der Waals surface area contributed by atoms with E-state index < -0.39 is 108 Å². The van der Waals surface area contributed by atoms with Crippen molar-refractivity contribution < 1.29 is 95.9 Å². The molecule has 4 amide bonds. The minimum absolute atomic E-state index is 0.0279. The molecule has 740 valence electrons. The standard InChI is InChI=1S/C99H134N18O20/c1-60-16-12-11-13-17-61(2)79(128-8)50-74-23-19-66(7)99(127,137-74)88(122)94(124)116-30-15-14-18-76(116)95(125)135-80(51-77(118)62(3)45-65(6)86(121)87(130-10)85(120)64(5)44-60)63(4)46-67-21-24-78(81(48-67)129-9)136-98(126)108-54-69-52-105-96(106-53-69)113-32-34-114(35-33-113)97-107-56-75(89(100)111-97)93(123)103-29-37-132-39-41-134-43-42-133-40-38-131-36-27-82(119)115-31-26-70-47-68(20-22-72(70)58-115)57-117-92-83(90(101)109-59-110-92)84(112-117)73-49-71-25-28-102-91(71)104-55-73/h11-13,16-17,20,22,25,28,45,47,49,52-53,55-56,59-60,62-64,66-67,74,76,78-81,86-87,121,127H,14-15,18-19,21,23-24,26-27,29-44,46,48,50-51,54,57-58H2,1-10H3,(H,102,104)(H,103,123)(H,108,126)(H2,100,107,111)(H2,101,109,110)/b13-11?,16-12+,61-17?,65-45+/t60-,62-,63-,64-,66-,67+,74+,76+,78-,79+,80+,81-,86-,87+,99-/m1/s1. The van der Waals surface area contributed by atoms with E-state index in [1.807, 2.05) is 88.9 Å². The molecule has 6 aliphatic rings. The van der Waals surface area contributed by atoms with Crippen molar-refractivity contribution in [1.82, 2.24) is 70.1 Å². The largest absolute Gasteiger partial charge is 0.460 e. The normalized spacial score (nSPS) is 25.9. The summed E-state index contributed by atoms with van der Waals surface area (Å²) in [5.74, 6) is -7.99. The van der Waals surface area contributed by atoms with Crippen LogP contribution in [0.25, 0.3) is 33.3 Å². The Bertz CT molecular complexity index is 5430. The van der Waals surface area contributed by atoms with E-state index in [0.717, 1.165) is 39.7 Å². The molecule has 5 aliphatic heterocycles. The van der Waals surface area contributed by atoms with Gasteiger partial charge in [-0.1, -0.05) is 89.3 Å². The molecule has 3 saturated heterocycles. The number of carbonyl (C=O) groups excluding carboxylic acids is 8. The number of ether oxygens (including phenoxy) is 10. The Morgan fingerprint density at radius 2 is 1.44 bits per heavy atom. The zero-order valence-electron chi connectivity index (χ0n) is 80.2. The molecule has 2 bridgehead atoms. The lowest BCUT2D eigenvalue weighted by atomic mass is 9.78. The van der Waals surface area contributed by atoms with Crippen LogP contribution < -0.4 is 31.9 Å². The number of nitrogen functional groups attached to an aromatic ring is 2. The van der Waals surface area contributed by atoms with Crippen LogP contribution in [0.3, 0.4) is 0 Å². The van der Waals surface area contributed by atoms with Gasteiger partial charge >= 0.3 is 12.1 Å². The summed E-state index contributed by atoms with van der Waals surface area (Å²) >= 11 is 0. The van der Waals surface area contributed by atoms with Gasteiger partial charge in [-0.2, -0.15) is 10.1 Å². The van der Waals surface area contributed by atoms with Gasteiger partial charge in [0.1, 0.15) is 65.5 Å². The lowest BCUT2D eigenvalue weighted by Crippen LogP contribution is -2.61. The predicted octanol–water partition coefficient (Wildman–Crippen LogP) is 8.69. The number of fused-ring (bicyclic) bond motifs is 6. The number of aromatic nitrogens is 10. The monoisotopic (exact) mass is 1900 g/mol. The molecule has 13 rings (SSSR count). The lowest BCUT2D eigenvalue weighted by molar-refractivity contribution is -0.265. The maximum Gasteiger partial charge on any atom is 0.407 e. The van der Waals surface area contributed by atoms with Gasteiger partial charge in [-0.15, -0.1) is 0 Å². The van der Waals surface area contributed by atoms with Crippen molar-refractivity contribution in [2.75, 3.05) is 141 Å². The number of ketones is 3. The number of carbonyl (C=O) groups is 8. The number of allylic oxidation sites excluding steroid dienone is 6. The number of nitrogens with zero attached hydrogens (tertiary/aromatic N) is 13. The number of nitrogens with one attached hydrogen (secondary N) is 3. The molecule has 4 fully saturated rings. The van der Waals surface area contributed by atoms with Crippen molar-refractivity contribution >= 4 is 92.7 Å². The number of amides is 4. The second-order valence-corrected chi connectivity index (χ2v) is 36.9. The second-order valence-electron chi connectivity index (χ2n) is 36.9. The van der Waals surface area contributed by atoms with Crippen molar-refractivity contribution in [3.8, 4) is 11.3 Å². The van der Waals surface area contributed by atoms with Gasteiger partial charge in [0, 0.05) is 158 Å². The minimum Gasteiger partial charge on any atom is -0.460 e. The SMILES string of the molecule is CO[C@H]1C[C@@H]2CC[C@@H](C)[C@@](O)(O2)C(=O)C(=O)N2CCCC[C@H]2C(=O)O[C@H]([C@H](C)C[C@@H]2CC[C@@H](OC(=O)NCc3cnc(N4CCN(c5ncc(C(=O)NCCOCCOCCOCCOCCC(=O)N6CCc7cc(Cn8nc(-c9cnc%10[nH]ccc%10c9)c9c(N)ncnc98)ccc7C6)c(N)n5)CC4)nc3)[C@H](OC)C2)CC(=O)[C@H](C)/C=C(\C)[C@@H](O)[C@@H](OC)C(=O)[C@H](C)C[C@H](C)/C=C/C=CC=C1C. The molecule has 38 heteroatoms. The van der Waals surface area contributed by atoms with Gasteiger partial charge < -0.3 is 104 Å². The van der Waals surface area contributed by atoms with Gasteiger partial charge in [0.25, 0.3) is 17.6 Å². The van der Waals surface area contributed by atoms with Crippen molar-refractivity contribution in [2.45, 2.75) is 213 Å². The molecule has 9 N–H and O–H groups in total. The van der Waals surface area contributed by atoms with Crippen LogP contribution in [0.4, 0.5) is 28.3 Å². The number of H-pyrrole nitrogens is 1. The first-order chi connectivity index (χ1) is 66.1. The van der Waals surface area contributed by atoms with E-state index in [2.05, 4.69) is 68.7 Å². The molecule has 1 aromatic carbocycles. The number of alkyl carbamates (subject to hydrolysis) is 1. The zero-order valence-corrected chi connectivity index (χ0v) is 80.2. The summed E-state index contributed by atoms with van der Waals surface area (Å²) in [7, 11) is 4.48. The number of methoxy groups -OCH3 is 3. The van der Waals surface area contributed by atoms with E-state index in [0.29, 0.717) is 189 Å². The molecule has 38 nitrogen and oxygen atoms in total. The summed E-state index contributed by atoms with van der Waals surface area (Å²) in [5, 5.41) is 36.1. The fourth-order valence-corrected chi connectivity index (χ4v) is 18.9. The Morgan fingerprint density at radius 3 is 2.17 bits per heavy atom. The first kappa shape index (κ1) is 103. The van der Waals surface area contributed by atoms with E-state index in [4.69, 9.17) is 63.9 Å². The molecule has 137 heavy (non-hydrogen) atoms. The summed E-state index contributed by atoms with van der Waals surface area (Å²) in [6.45, 7) is 19.1. The van der Waals surface area contributed by atoms with Crippen LogP contribution in [0.2, 0.25) is 0 Å². The van der Waals surface area contributed by atoms with E-state index in [1.165, 1.54) is 30.1 Å². The molecule has 7 aromatic rings. The topological polar surface area (TPSA) is 482 Å². The molecule has 0 radical (unpaired) electrons. The Balaban J connectivity index is 0.498. The Morgan fingerprint density at radius 1 is 0.708 bits per heavy atom. The molecule has 1 saturated carbocycles. The Kier molecular flexibility index (Phi) is 37.0. The highest BCUT2D eigenvalue weighted by atomic mass is 16.6. The van der Waals surface area contributed by atoms with Gasteiger partial charge in [0.2, 0.25) is 23.6 Å². The van der Waals surface area contributed by atoms with Crippen molar-refractivity contribution in [2.24, 2.45) is 35.5 Å². The van der Waals surface area contributed by atoms with Crippen molar-refractivity contribution in [3.05, 3.63) is 143 Å². The first-order valence-electron chi connectivity index (χ1n) is 47.8. The predicted molar refractivity (Wildman–Crippen MR) is 509 cm³/mol. The molecule has 11 heterocycles. The summed E-state index contributed by atoms with van der Waals surface area (Å²) < 4.78 is 60.7. The maximum atomic E-state index is 14.8. The number of aromatic amines is 1. The number of rotatable bonds is 30. The molecule has 6 aromatic heterocycles. The van der Waals surface area contributed by atoms with E-state index in [9.17, 15) is 48.6 Å². The molecule has 1 aliphatic carbocycles. The van der Waals surface area contributed by atoms with Gasteiger partial charge in [0.05, 0.1) is 95.1 Å². The fraction of sp³-hybridized carbons (Fsp3) is 0.576. The van der Waals surface area contributed by atoms with Gasteiger partial charge in [0.15, 0.2) is 11.4 Å². The van der Waals surface area contributed by atoms with Crippen LogP contribution in [-0.2, 0) is 102 Å².